The second-order valence-corrected chi connectivity index (χ2v) is 5.54. The molecule has 1 aliphatic carbocycles. The second-order valence-electron chi connectivity index (χ2n) is 4.92. The zero-order valence-corrected chi connectivity index (χ0v) is 11.4. The van der Waals surface area contributed by atoms with E-state index in [2.05, 4.69) is 37.7 Å². The van der Waals surface area contributed by atoms with E-state index in [0.717, 1.165) is 24.6 Å². The molecule has 0 heterocycles. The summed E-state index contributed by atoms with van der Waals surface area (Å²) in [7, 11) is 2.14. The lowest BCUT2D eigenvalue weighted by molar-refractivity contribution is 0.266. The molecule has 1 saturated carbocycles. The third kappa shape index (κ3) is 4.25. The molecule has 1 atom stereocenters. The van der Waals surface area contributed by atoms with Crippen LogP contribution < -0.4 is 0 Å². The van der Waals surface area contributed by atoms with Crippen molar-refractivity contribution in [2.24, 2.45) is 5.92 Å². The average Bonchev–Trinajstić information content (AvgIpc) is 2.29. The molecule has 1 rings (SSSR count). The van der Waals surface area contributed by atoms with Crippen molar-refractivity contribution in [3.05, 3.63) is 24.9 Å². The van der Waals surface area contributed by atoms with Crippen molar-refractivity contribution in [1.82, 2.24) is 4.90 Å². The molecule has 1 nitrogen and oxygen atoms in total. The number of thiol groups is 1. The van der Waals surface area contributed by atoms with E-state index in [1.54, 1.807) is 0 Å². The average molecular weight is 239 g/mol. The number of hydrogen-bond donors (Lipinski definition) is 1. The quantitative estimate of drug-likeness (QED) is 0.544. The van der Waals surface area contributed by atoms with Crippen LogP contribution in [0, 0.1) is 5.92 Å². The zero-order valence-electron chi connectivity index (χ0n) is 10.5. The fraction of sp³-hybridized carbons (Fsp3) is 0.714. The lowest BCUT2D eigenvalue weighted by Gasteiger charge is -2.31. The van der Waals surface area contributed by atoms with E-state index in [1.165, 1.54) is 32.1 Å². The van der Waals surface area contributed by atoms with Gasteiger partial charge in [-0.1, -0.05) is 31.9 Å². The van der Waals surface area contributed by atoms with Gasteiger partial charge in [-0.2, -0.15) is 12.6 Å². The van der Waals surface area contributed by atoms with Crippen LogP contribution in [0.25, 0.3) is 0 Å². The van der Waals surface area contributed by atoms with Gasteiger partial charge >= 0.3 is 0 Å². The van der Waals surface area contributed by atoms with Gasteiger partial charge in [0.05, 0.1) is 0 Å². The van der Waals surface area contributed by atoms with Gasteiger partial charge in [-0.05, 0) is 25.2 Å². The topological polar surface area (TPSA) is 3.24 Å². The van der Waals surface area contributed by atoms with Crippen molar-refractivity contribution < 1.29 is 0 Å². The van der Waals surface area contributed by atoms with Crippen LogP contribution in [0.4, 0.5) is 0 Å². The Morgan fingerprint density at radius 1 is 1.44 bits per heavy atom. The summed E-state index contributed by atoms with van der Waals surface area (Å²) in [6, 6.07) is 0. The monoisotopic (exact) mass is 239 g/mol. The highest BCUT2D eigenvalue weighted by atomic mass is 32.1. The van der Waals surface area contributed by atoms with Crippen LogP contribution in [-0.4, -0.2) is 23.7 Å². The Labute approximate surface area is 106 Å². The summed E-state index contributed by atoms with van der Waals surface area (Å²) in [6.45, 7) is 9.04. The van der Waals surface area contributed by atoms with Crippen LogP contribution >= 0.6 is 12.6 Å². The van der Waals surface area contributed by atoms with Crippen LogP contribution in [0.2, 0.25) is 0 Å². The SMILES string of the molecule is C=CCC(S)C(=C)N(C)CC1CCCCC1. The molecule has 0 radical (unpaired) electrons. The lowest BCUT2D eigenvalue weighted by atomic mass is 9.89. The molecule has 0 aromatic heterocycles. The van der Waals surface area contributed by atoms with Gasteiger partial charge in [0.25, 0.3) is 0 Å². The Kier molecular flexibility index (Phi) is 6.04. The minimum Gasteiger partial charge on any atom is -0.377 e. The highest BCUT2D eigenvalue weighted by Crippen LogP contribution is 2.26. The van der Waals surface area contributed by atoms with Crippen molar-refractivity contribution >= 4 is 12.6 Å². The Bertz CT molecular complexity index is 231. The van der Waals surface area contributed by atoms with Crippen LogP contribution in [0.15, 0.2) is 24.9 Å². The third-order valence-electron chi connectivity index (χ3n) is 3.52. The predicted octanol–water partition coefficient (Wildman–Crippen LogP) is 3.89. The standard InChI is InChI=1S/C14H25NS/c1-4-8-14(16)12(2)15(3)11-13-9-6-5-7-10-13/h4,13-14,16H,1-2,5-11H2,3H3. The van der Waals surface area contributed by atoms with Gasteiger partial charge in [0.15, 0.2) is 0 Å². The van der Waals surface area contributed by atoms with Gasteiger partial charge in [-0.25, -0.2) is 0 Å². The first-order valence-corrected chi connectivity index (χ1v) is 6.85. The molecule has 0 saturated heterocycles. The number of hydrogen-bond acceptors (Lipinski definition) is 2. The smallest absolute Gasteiger partial charge is 0.0444 e. The first-order valence-electron chi connectivity index (χ1n) is 6.34. The van der Waals surface area contributed by atoms with Crippen LogP contribution in [0.5, 0.6) is 0 Å². The summed E-state index contributed by atoms with van der Waals surface area (Å²) < 4.78 is 0. The van der Waals surface area contributed by atoms with Crippen LogP contribution in [0.1, 0.15) is 38.5 Å². The minimum atomic E-state index is 0.228. The number of nitrogens with zero attached hydrogens (tertiary/aromatic N) is 1. The first kappa shape index (κ1) is 13.7. The molecular weight excluding hydrogens is 214 g/mol. The maximum Gasteiger partial charge on any atom is 0.0444 e. The predicted molar refractivity (Wildman–Crippen MR) is 75.9 cm³/mol. The van der Waals surface area contributed by atoms with E-state index >= 15 is 0 Å². The molecule has 0 aromatic carbocycles. The van der Waals surface area contributed by atoms with E-state index in [0.29, 0.717) is 0 Å². The molecule has 0 spiro atoms. The molecule has 2 heteroatoms. The zero-order chi connectivity index (χ0) is 12.0. The van der Waals surface area contributed by atoms with Gasteiger partial charge < -0.3 is 4.90 Å². The normalized spacial score (nSPS) is 19.1. The molecule has 1 unspecified atom stereocenters. The van der Waals surface area contributed by atoms with Crippen molar-refractivity contribution in [1.29, 1.82) is 0 Å². The second kappa shape index (κ2) is 7.05. The van der Waals surface area contributed by atoms with Gasteiger partial charge in [0.2, 0.25) is 0 Å². The van der Waals surface area contributed by atoms with Gasteiger partial charge in [0.1, 0.15) is 0 Å². The Hall–Kier alpha value is -0.370. The van der Waals surface area contributed by atoms with Crippen molar-refractivity contribution in [3.8, 4) is 0 Å². The van der Waals surface area contributed by atoms with E-state index in [-0.39, 0.29) is 5.25 Å². The maximum absolute atomic E-state index is 4.55. The molecule has 0 bridgehead atoms. The maximum atomic E-state index is 4.55. The third-order valence-corrected chi connectivity index (χ3v) is 4.03. The molecular formula is C14H25NS. The summed E-state index contributed by atoms with van der Waals surface area (Å²) >= 11 is 4.55. The van der Waals surface area contributed by atoms with E-state index in [1.807, 2.05) is 6.08 Å². The molecule has 16 heavy (non-hydrogen) atoms. The van der Waals surface area contributed by atoms with Crippen molar-refractivity contribution in [2.75, 3.05) is 13.6 Å². The number of allylic oxidation sites excluding steroid dienone is 1. The first-order chi connectivity index (χ1) is 7.65. The minimum absolute atomic E-state index is 0.228. The van der Waals surface area contributed by atoms with E-state index in [4.69, 9.17) is 0 Å². The van der Waals surface area contributed by atoms with E-state index < -0.39 is 0 Å². The fourth-order valence-electron chi connectivity index (χ4n) is 2.42. The van der Waals surface area contributed by atoms with Crippen LogP contribution in [0.3, 0.4) is 0 Å². The molecule has 1 aliphatic rings. The van der Waals surface area contributed by atoms with Crippen LogP contribution in [-0.2, 0) is 0 Å². The van der Waals surface area contributed by atoms with Crippen molar-refractivity contribution in [2.45, 2.75) is 43.8 Å². The molecule has 1 fully saturated rings. The summed E-state index contributed by atoms with van der Waals surface area (Å²) in [5, 5.41) is 0.228. The summed E-state index contributed by atoms with van der Waals surface area (Å²) in [5.41, 5.74) is 1.13. The highest BCUT2D eigenvalue weighted by molar-refractivity contribution is 7.81. The Morgan fingerprint density at radius 2 is 2.06 bits per heavy atom. The molecule has 0 aromatic rings. The fourth-order valence-corrected chi connectivity index (χ4v) is 2.77. The summed E-state index contributed by atoms with van der Waals surface area (Å²) in [5.74, 6) is 0.861. The summed E-state index contributed by atoms with van der Waals surface area (Å²) in [6.07, 6.45) is 9.82. The largest absolute Gasteiger partial charge is 0.377 e. The van der Waals surface area contributed by atoms with Crippen molar-refractivity contribution in [3.63, 3.8) is 0 Å². The Morgan fingerprint density at radius 3 is 2.62 bits per heavy atom. The van der Waals surface area contributed by atoms with Gasteiger partial charge in [0, 0.05) is 24.5 Å². The van der Waals surface area contributed by atoms with Gasteiger partial charge in [-0.3, -0.25) is 0 Å². The highest BCUT2D eigenvalue weighted by Gasteiger charge is 2.17. The molecule has 0 aliphatic heterocycles. The van der Waals surface area contributed by atoms with E-state index in [9.17, 15) is 0 Å². The molecule has 0 N–H and O–H groups in total. The molecule has 92 valence electrons. The molecule has 0 amide bonds. The Balaban J connectivity index is 2.34. The van der Waals surface area contributed by atoms with Gasteiger partial charge in [-0.15, -0.1) is 6.58 Å². The summed E-state index contributed by atoms with van der Waals surface area (Å²) in [4.78, 5) is 2.29. The lowest BCUT2D eigenvalue weighted by Crippen LogP contribution is -2.29. The number of rotatable bonds is 6.